The molecule has 0 aliphatic heterocycles. The molecular formula is C11H19N5O2. The molecule has 100 valence electrons. The lowest BCUT2D eigenvalue weighted by Gasteiger charge is -2.22. The van der Waals surface area contributed by atoms with Gasteiger partial charge >= 0.3 is 0 Å². The van der Waals surface area contributed by atoms with Gasteiger partial charge < -0.3 is 21.1 Å². The number of ether oxygens (including phenoxy) is 1. The Labute approximate surface area is 106 Å². The van der Waals surface area contributed by atoms with Crippen molar-refractivity contribution in [3.63, 3.8) is 0 Å². The molecule has 0 bridgehead atoms. The predicted octanol–water partition coefficient (Wildman–Crippen LogP) is 0.159. The minimum absolute atomic E-state index is 0.0968. The Balaban J connectivity index is 2.95. The van der Waals surface area contributed by atoms with E-state index in [9.17, 15) is 4.79 Å². The van der Waals surface area contributed by atoms with Gasteiger partial charge in [-0.05, 0) is 6.42 Å². The van der Waals surface area contributed by atoms with Crippen molar-refractivity contribution in [3.8, 4) is 5.88 Å². The Bertz CT molecular complexity index is 410. The lowest BCUT2D eigenvalue weighted by Crippen LogP contribution is -2.35. The summed E-state index contributed by atoms with van der Waals surface area (Å²) in [6, 6.07) is 1.63. The summed E-state index contributed by atoms with van der Waals surface area (Å²) in [6.45, 7) is 2.84. The molecular weight excluding hydrogens is 234 g/mol. The average Bonchev–Trinajstić information content (AvgIpc) is 2.33. The number of carbonyl (C=O) groups excluding carboxylic acids is 1. The van der Waals surface area contributed by atoms with Gasteiger partial charge in [0.15, 0.2) is 0 Å². The largest absolute Gasteiger partial charge is 0.481 e. The maximum atomic E-state index is 11.1. The molecule has 0 spiro atoms. The van der Waals surface area contributed by atoms with E-state index in [2.05, 4.69) is 16.9 Å². The van der Waals surface area contributed by atoms with Crippen LogP contribution in [0.5, 0.6) is 5.88 Å². The normalized spacial score (nSPS) is 10.1. The van der Waals surface area contributed by atoms with Gasteiger partial charge in [0.1, 0.15) is 5.82 Å². The lowest BCUT2D eigenvalue weighted by molar-refractivity contribution is -0.116. The number of methoxy groups -OCH3 is 1. The third kappa shape index (κ3) is 4.08. The number of carbonyl (C=O) groups is 1. The number of nitrogens with zero attached hydrogens (tertiary/aromatic N) is 3. The topological polar surface area (TPSA) is 107 Å². The molecule has 1 aromatic rings. The van der Waals surface area contributed by atoms with Crippen LogP contribution in [-0.2, 0) is 4.79 Å². The van der Waals surface area contributed by atoms with E-state index in [0.717, 1.165) is 12.8 Å². The van der Waals surface area contributed by atoms with Crippen molar-refractivity contribution in [1.29, 1.82) is 0 Å². The molecule has 4 N–H and O–H groups in total. The first-order valence-electron chi connectivity index (χ1n) is 5.78. The fourth-order valence-corrected chi connectivity index (χ4v) is 1.51. The standard InChI is InChI=1S/C11H19N5O2/c1-3-4-5-16(7-8(12)17)9-6-10(18-2)15-11(13)14-9/h6H,3-5,7H2,1-2H3,(H2,12,17)(H2,13,14,15). The van der Waals surface area contributed by atoms with Crippen molar-refractivity contribution in [2.45, 2.75) is 19.8 Å². The second-order valence-corrected chi connectivity index (χ2v) is 3.87. The molecule has 0 unspecified atom stereocenters. The van der Waals surface area contributed by atoms with E-state index < -0.39 is 5.91 Å². The highest BCUT2D eigenvalue weighted by atomic mass is 16.5. The van der Waals surface area contributed by atoms with Crippen LogP contribution in [0.1, 0.15) is 19.8 Å². The van der Waals surface area contributed by atoms with Crippen molar-refractivity contribution in [2.75, 3.05) is 30.8 Å². The number of primary amides is 1. The van der Waals surface area contributed by atoms with Crippen molar-refractivity contribution in [1.82, 2.24) is 9.97 Å². The van der Waals surface area contributed by atoms with Gasteiger partial charge in [-0.3, -0.25) is 4.79 Å². The van der Waals surface area contributed by atoms with Gasteiger partial charge in [-0.15, -0.1) is 0 Å². The maximum absolute atomic E-state index is 11.1. The van der Waals surface area contributed by atoms with Gasteiger partial charge in [0.2, 0.25) is 17.7 Å². The summed E-state index contributed by atoms with van der Waals surface area (Å²) in [4.78, 5) is 20.8. The number of amides is 1. The number of unbranched alkanes of at least 4 members (excludes halogenated alkanes) is 1. The number of aromatic nitrogens is 2. The molecule has 0 atom stereocenters. The second-order valence-electron chi connectivity index (χ2n) is 3.87. The summed E-state index contributed by atoms with van der Waals surface area (Å²) in [5.41, 5.74) is 10.8. The van der Waals surface area contributed by atoms with Gasteiger partial charge in [0.25, 0.3) is 0 Å². The molecule has 1 rings (SSSR count). The fraction of sp³-hybridized carbons (Fsp3) is 0.545. The van der Waals surface area contributed by atoms with Crippen LogP contribution < -0.4 is 21.1 Å². The molecule has 0 aliphatic carbocycles. The van der Waals surface area contributed by atoms with Gasteiger partial charge in [0.05, 0.1) is 13.7 Å². The number of hydrogen-bond acceptors (Lipinski definition) is 6. The summed E-state index contributed by atoms with van der Waals surface area (Å²) in [6.07, 6.45) is 1.94. The Morgan fingerprint density at radius 3 is 2.78 bits per heavy atom. The molecule has 7 heteroatoms. The Hall–Kier alpha value is -2.05. The fourth-order valence-electron chi connectivity index (χ4n) is 1.51. The molecule has 0 radical (unpaired) electrons. The van der Waals surface area contributed by atoms with Crippen molar-refractivity contribution < 1.29 is 9.53 Å². The van der Waals surface area contributed by atoms with Crippen LogP contribution in [0.2, 0.25) is 0 Å². The lowest BCUT2D eigenvalue weighted by atomic mass is 10.3. The van der Waals surface area contributed by atoms with Gasteiger partial charge in [-0.2, -0.15) is 9.97 Å². The maximum Gasteiger partial charge on any atom is 0.236 e. The molecule has 0 aromatic carbocycles. The van der Waals surface area contributed by atoms with Crippen LogP contribution in [0.4, 0.5) is 11.8 Å². The highest BCUT2D eigenvalue weighted by Gasteiger charge is 2.13. The van der Waals surface area contributed by atoms with Crippen LogP contribution in [0.15, 0.2) is 6.07 Å². The highest BCUT2D eigenvalue weighted by Crippen LogP contribution is 2.18. The third-order valence-electron chi connectivity index (χ3n) is 2.37. The number of nitrogen functional groups attached to an aromatic ring is 1. The zero-order valence-corrected chi connectivity index (χ0v) is 10.7. The highest BCUT2D eigenvalue weighted by molar-refractivity contribution is 5.79. The van der Waals surface area contributed by atoms with E-state index in [1.165, 1.54) is 7.11 Å². The summed E-state index contributed by atoms with van der Waals surface area (Å²) in [7, 11) is 1.50. The molecule has 7 nitrogen and oxygen atoms in total. The first-order valence-corrected chi connectivity index (χ1v) is 5.78. The van der Waals surface area contributed by atoms with Crippen molar-refractivity contribution in [2.24, 2.45) is 5.73 Å². The second kappa shape index (κ2) is 6.63. The molecule has 1 amide bonds. The molecule has 0 fully saturated rings. The van der Waals surface area contributed by atoms with E-state index in [4.69, 9.17) is 16.2 Å². The Kier molecular flexibility index (Phi) is 5.16. The monoisotopic (exact) mass is 253 g/mol. The average molecular weight is 253 g/mol. The van der Waals surface area contributed by atoms with Gasteiger partial charge in [-0.25, -0.2) is 0 Å². The summed E-state index contributed by atoms with van der Waals surface area (Å²) in [5.74, 6) is 0.604. The smallest absolute Gasteiger partial charge is 0.236 e. The van der Waals surface area contributed by atoms with E-state index >= 15 is 0 Å². The van der Waals surface area contributed by atoms with Crippen LogP contribution in [0.3, 0.4) is 0 Å². The molecule has 0 saturated carbocycles. The van der Waals surface area contributed by atoms with E-state index in [1.807, 2.05) is 0 Å². The minimum Gasteiger partial charge on any atom is -0.481 e. The van der Waals surface area contributed by atoms with Gasteiger partial charge in [-0.1, -0.05) is 13.3 Å². The van der Waals surface area contributed by atoms with E-state index in [-0.39, 0.29) is 12.5 Å². The van der Waals surface area contributed by atoms with Crippen LogP contribution in [0.25, 0.3) is 0 Å². The minimum atomic E-state index is -0.415. The molecule has 1 aromatic heterocycles. The quantitative estimate of drug-likeness (QED) is 0.716. The molecule has 0 saturated heterocycles. The number of anilines is 2. The summed E-state index contributed by atoms with van der Waals surface area (Å²) >= 11 is 0. The van der Waals surface area contributed by atoms with Crippen molar-refractivity contribution >= 4 is 17.7 Å². The van der Waals surface area contributed by atoms with E-state index in [1.54, 1.807) is 11.0 Å². The SMILES string of the molecule is CCCCN(CC(N)=O)c1cc(OC)nc(N)n1. The van der Waals surface area contributed by atoms with Crippen LogP contribution in [-0.4, -0.2) is 36.1 Å². The zero-order chi connectivity index (χ0) is 13.5. The Morgan fingerprint density at radius 2 is 2.22 bits per heavy atom. The van der Waals surface area contributed by atoms with Gasteiger partial charge in [0, 0.05) is 12.6 Å². The number of hydrogen-bond donors (Lipinski definition) is 2. The number of rotatable bonds is 7. The first kappa shape index (κ1) is 14.0. The molecule has 1 heterocycles. The van der Waals surface area contributed by atoms with Crippen LogP contribution in [0, 0.1) is 0 Å². The molecule has 18 heavy (non-hydrogen) atoms. The van der Waals surface area contributed by atoms with E-state index in [0.29, 0.717) is 18.2 Å². The summed E-state index contributed by atoms with van der Waals surface area (Å²) in [5, 5.41) is 0. The zero-order valence-electron chi connectivity index (χ0n) is 10.7. The predicted molar refractivity (Wildman–Crippen MR) is 69.3 cm³/mol. The number of nitrogens with two attached hydrogens (primary N) is 2. The summed E-state index contributed by atoms with van der Waals surface area (Å²) < 4.78 is 5.02. The Morgan fingerprint density at radius 1 is 1.50 bits per heavy atom. The first-order chi connectivity index (χ1) is 8.56. The van der Waals surface area contributed by atoms with Crippen LogP contribution >= 0.6 is 0 Å². The molecule has 0 aliphatic rings. The van der Waals surface area contributed by atoms with Crippen molar-refractivity contribution in [3.05, 3.63) is 6.07 Å². The third-order valence-corrected chi connectivity index (χ3v) is 2.37.